The maximum absolute atomic E-state index is 12.5. The van der Waals surface area contributed by atoms with E-state index < -0.39 is 5.97 Å². The number of esters is 1. The molecule has 0 aliphatic rings. The van der Waals surface area contributed by atoms with Crippen LogP contribution in [0.4, 0.5) is 0 Å². The molecule has 0 radical (unpaired) electrons. The standard InChI is InChI=1S/C22H20N2O4/c1-15-6-7-17(21(25)24(2)3)13-20(15)28-22(26)16-8-10-18(11-9-16)27-19-5-4-12-23-14-19/h4-14H,1-3H3. The third-order valence-electron chi connectivity index (χ3n) is 4.00. The Hall–Kier alpha value is -3.67. The number of carbonyl (C=O) groups excluding carboxylic acids is 2. The highest BCUT2D eigenvalue weighted by Crippen LogP contribution is 2.23. The number of pyridine rings is 1. The number of amides is 1. The van der Waals surface area contributed by atoms with E-state index in [1.165, 1.54) is 4.90 Å². The molecular formula is C22H20N2O4. The summed E-state index contributed by atoms with van der Waals surface area (Å²) >= 11 is 0. The molecule has 0 saturated heterocycles. The van der Waals surface area contributed by atoms with Gasteiger partial charge in [-0.1, -0.05) is 6.07 Å². The molecule has 0 atom stereocenters. The third kappa shape index (κ3) is 4.54. The van der Waals surface area contributed by atoms with Gasteiger partial charge in [0.1, 0.15) is 17.2 Å². The maximum atomic E-state index is 12.5. The second kappa shape index (κ2) is 8.35. The molecule has 142 valence electrons. The molecule has 0 spiro atoms. The van der Waals surface area contributed by atoms with Gasteiger partial charge in [-0.25, -0.2) is 4.79 Å². The minimum absolute atomic E-state index is 0.158. The predicted molar refractivity (Wildman–Crippen MR) is 105 cm³/mol. The molecule has 0 N–H and O–H groups in total. The van der Waals surface area contributed by atoms with Crippen LogP contribution in [0.1, 0.15) is 26.3 Å². The summed E-state index contributed by atoms with van der Waals surface area (Å²) in [6, 6.07) is 15.2. The van der Waals surface area contributed by atoms with Crippen molar-refractivity contribution in [2.24, 2.45) is 0 Å². The molecule has 1 aromatic heterocycles. The number of nitrogens with zero attached hydrogens (tertiary/aromatic N) is 2. The summed E-state index contributed by atoms with van der Waals surface area (Å²) in [6.07, 6.45) is 3.27. The van der Waals surface area contributed by atoms with E-state index in [-0.39, 0.29) is 5.91 Å². The summed E-state index contributed by atoms with van der Waals surface area (Å²) < 4.78 is 11.2. The van der Waals surface area contributed by atoms with E-state index in [1.54, 1.807) is 81.1 Å². The zero-order chi connectivity index (χ0) is 20.1. The Morgan fingerprint density at radius 1 is 0.929 bits per heavy atom. The minimum Gasteiger partial charge on any atom is -0.456 e. The molecule has 2 aromatic carbocycles. The second-order valence-electron chi connectivity index (χ2n) is 6.38. The Kier molecular flexibility index (Phi) is 5.69. The Bertz CT molecular complexity index is 983. The van der Waals surface area contributed by atoms with Gasteiger partial charge in [0.2, 0.25) is 0 Å². The summed E-state index contributed by atoms with van der Waals surface area (Å²) in [5.74, 6) is 0.878. The Labute approximate surface area is 163 Å². The third-order valence-corrected chi connectivity index (χ3v) is 4.00. The number of carbonyl (C=O) groups is 2. The first-order valence-electron chi connectivity index (χ1n) is 8.66. The smallest absolute Gasteiger partial charge is 0.343 e. The lowest BCUT2D eigenvalue weighted by atomic mass is 10.1. The Balaban J connectivity index is 1.72. The van der Waals surface area contributed by atoms with E-state index in [0.717, 1.165) is 5.56 Å². The lowest BCUT2D eigenvalue weighted by Crippen LogP contribution is -2.21. The number of rotatable bonds is 5. The molecule has 6 nitrogen and oxygen atoms in total. The fourth-order valence-electron chi connectivity index (χ4n) is 2.46. The normalized spacial score (nSPS) is 10.2. The van der Waals surface area contributed by atoms with Crippen LogP contribution in [0.5, 0.6) is 17.2 Å². The fraction of sp³-hybridized carbons (Fsp3) is 0.136. The van der Waals surface area contributed by atoms with E-state index >= 15 is 0 Å². The summed E-state index contributed by atoms with van der Waals surface area (Å²) in [6.45, 7) is 1.82. The van der Waals surface area contributed by atoms with Crippen molar-refractivity contribution in [3.63, 3.8) is 0 Å². The molecule has 28 heavy (non-hydrogen) atoms. The zero-order valence-corrected chi connectivity index (χ0v) is 15.9. The van der Waals surface area contributed by atoms with Crippen molar-refractivity contribution in [3.05, 3.63) is 83.7 Å². The largest absolute Gasteiger partial charge is 0.456 e. The van der Waals surface area contributed by atoms with Gasteiger partial charge in [-0.15, -0.1) is 0 Å². The average Bonchev–Trinajstić information content (AvgIpc) is 2.70. The Morgan fingerprint density at radius 3 is 2.29 bits per heavy atom. The average molecular weight is 376 g/mol. The van der Waals surface area contributed by atoms with Crippen molar-refractivity contribution in [2.75, 3.05) is 14.1 Å². The monoisotopic (exact) mass is 376 g/mol. The highest BCUT2D eigenvalue weighted by atomic mass is 16.5. The van der Waals surface area contributed by atoms with Crippen LogP contribution in [0, 0.1) is 6.92 Å². The van der Waals surface area contributed by atoms with E-state index in [0.29, 0.717) is 28.4 Å². The topological polar surface area (TPSA) is 68.7 Å². The first-order chi connectivity index (χ1) is 13.4. The van der Waals surface area contributed by atoms with E-state index in [1.807, 2.05) is 6.92 Å². The summed E-state index contributed by atoms with van der Waals surface area (Å²) in [5, 5.41) is 0. The highest BCUT2D eigenvalue weighted by Gasteiger charge is 2.14. The van der Waals surface area contributed by atoms with E-state index in [2.05, 4.69) is 4.98 Å². The predicted octanol–water partition coefficient (Wildman–Crippen LogP) is 4.10. The van der Waals surface area contributed by atoms with Gasteiger partial charge < -0.3 is 14.4 Å². The number of hydrogen-bond acceptors (Lipinski definition) is 5. The first-order valence-corrected chi connectivity index (χ1v) is 8.66. The summed E-state index contributed by atoms with van der Waals surface area (Å²) in [5.41, 5.74) is 1.60. The van der Waals surface area contributed by atoms with Crippen molar-refractivity contribution < 1.29 is 19.1 Å². The summed E-state index contributed by atoms with van der Waals surface area (Å²) in [4.78, 5) is 30.1. The van der Waals surface area contributed by atoms with E-state index in [4.69, 9.17) is 9.47 Å². The van der Waals surface area contributed by atoms with Crippen LogP contribution in [0.2, 0.25) is 0 Å². The second-order valence-corrected chi connectivity index (χ2v) is 6.38. The molecule has 3 aromatic rings. The molecule has 0 aliphatic carbocycles. The molecule has 0 aliphatic heterocycles. The molecule has 0 saturated carbocycles. The first kappa shape index (κ1) is 19.1. The van der Waals surface area contributed by atoms with Crippen LogP contribution in [0.15, 0.2) is 67.0 Å². The molecule has 1 heterocycles. The molecule has 1 amide bonds. The van der Waals surface area contributed by atoms with Crippen LogP contribution in [-0.2, 0) is 0 Å². The molecular weight excluding hydrogens is 356 g/mol. The van der Waals surface area contributed by atoms with Crippen molar-refractivity contribution in [1.29, 1.82) is 0 Å². The number of ether oxygens (including phenoxy) is 2. The lowest BCUT2D eigenvalue weighted by Gasteiger charge is -2.13. The van der Waals surface area contributed by atoms with Crippen molar-refractivity contribution in [3.8, 4) is 17.2 Å². The van der Waals surface area contributed by atoms with Gasteiger partial charge in [0.15, 0.2) is 0 Å². The molecule has 0 fully saturated rings. The van der Waals surface area contributed by atoms with E-state index in [9.17, 15) is 9.59 Å². The van der Waals surface area contributed by atoms with Gasteiger partial charge in [-0.3, -0.25) is 9.78 Å². The highest BCUT2D eigenvalue weighted by molar-refractivity contribution is 5.95. The van der Waals surface area contributed by atoms with Crippen LogP contribution >= 0.6 is 0 Å². The summed E-state index contributed by atoms with van der Waals surface area (Å²) in [7, 11) is 3.34. The number of hydrogen-bond donors (Lipinski definition) is 0. The zero-order valence-electron chi connectivity index (χ0n) is 15.9. The minimum atomic E-state index is -0.509. The van der Waals surface area contributed by atoms with Crippen LogP contribution in [-0.4, -0.2) is 35.9 Å². The molecule has 3 rings (SSSR count). The molecule has 0 unspecified atom stereocenters. The van der Waals surface area contributed by atoms with Gasteiger partial charge in [-0.2, -0.15) is 0 Å². The van der Waals surface area contributed by atoms with Gasteiger partial charge in [0.25, 0.3) is 5.91 Å². The number of aromatic nitrogens is 1. The van der Waals surface area contributed by atoms with Crippen LogP contribution in [0.3, 0.4) is 0 Å². The number of benzene rings is 2. The van der Waals surface area contributed by atoms with Gasteiger partial charge in [0.05, 0.1) is 11.8 Å². The lowest BCUT2D eigenvalue weighted by molar-refractivity contribution is 0.0730. The van der Waals surface area contributed by atoms with Crippen molar-refractivity contribution in [1.82, 2.24) is 9.88 Å². The van der Waals surface area contributed by atoms with Crippen LogP contribution in [0.25, 0.3) is 0 Å². The van der Waals surface area contributed by atoms with Crippen molar-refractivity contribution >= 4 is 11.9 Å². The van der Waals surface area contributed by atoms with Gasteiger partial charge >= 0.3 is 5.97 Å². The number of aryl methyl sites for hydroxylation is 1. The fourth-order valence-corrected chi connectivity index (χ4v) is 2.46. The molecule has 6 heteroatoms. The quantitative estimate of drug-likeness (QED) is 0.495. The van der Waals surface area contributed by atoms with Gasteiger partial charge in [-0.05, 0) is 61.0 Å². The Morgan fingerprint density at radius 2 is 1.64 bits per heavy atom. The SMILES string of the molecule is Cc1ccc(C(=O)N(C)C)cc1OC(=O)c1ccc(Oc2cccnc2)cc1. The van der Waals surface area contributed by atoms with Crippen molar-refractivity contribution in [2.45, 2.75) is 6.92 Å². The van der Waals surface area contributed by atoms with Gasteiger partial charge in [0, 0.05) is 25.9 Å². The molecule has 0 bridgehead atoms. The van der Waals surface area contributed by atoms with Crippen LogP contribution < -0.4 is 9.47 Å². The maximum Gasteiger partial charge on any atom is 0.343 e.